The van der Waals surface area contributed by atoms with E-state index in [1.54, 1.807) is 31.9 Å². The highest BCUT2D eigenvalue weighted by Crippen LogP contribution is 2.34. The van der Waals surface area contributed by atoms with Crippen molar-refractivity contribution in [2.75, 3.05) is 7.11 Å². The number of benzene rings is 1. The number of fused-ring (bicyclic) bond motifs is 1. The lowest BCUT2D eigenvalue weighted by molar-refractivity contribution is 0.413. The molecule has 0 aliphatic carbocycles. The van der Waals surface area contributed by atoms with E-state index < -0.39 is 0 Å². The van der Waals surface area contributed by atoms with Crippen molar-refractivity contribution in [3.63, 3.8) is 0 Å². The van der Waals surface area contributed by atoms with Crippen LogP contribution in [0.1, 0.15) is 16.8 Å². The second kappa shape index (κ2) is 8.07. The quantitative estimate of drug-likeness (QED) is 0.322. The highest BCUT2D eigenvalue weighted by Gasteiger charge is 2.17. The van der Waals surface area contributed by atoms with Crippen molar-refractivity contribution >= 4 is 16.5 Å². The van der Waals surface area contributed by atoms with E-state index in [9.17, 15) is 0 Å². The first-order chi connectivity index (χ1) is 15.7. The van der Waals surface area contributed by atoms with Crippen molar-refractivity contribution in [3.8, 4) is 28.3 Å². The molecule has 0 fully saturated rings. The third-order valence-corrected chi connectivity index (χ3v) is 5.52. The van der Waals surface area contributed by atoms with Crippen molar-refractivity contribution in [1.82, 2.24) is 20.2 Å². The van der Waals surface area contributed by atoms with Crippen molar-refractivity contribution in [2.45, 2.75) is 6.92 Å². The lowest BCUT2D eigenvalue weighted by Crippen LogP contribution is -1.86. The molecule has 5 aromatic rings. The standard InChI is InChI=1S/C26H22N4O2/c1-4-5-21(18-8-9-32-15-18)22-12-25(28-16(22)2)26-23-11-17(6-7-24(23)29-30-26)19-10-20(31-3)14-27-13-19/h4-15,28H,1H2,2-3H3,(H,29,30)/b21-5-. The summed E-state index contributed by atoms with van der Waals surface area (Å²) in [6, 6.07) is 12.2. The van der Waals surface area contributed by atoms with Crippen LogP contribution in [-0.4, -0.2) is 27.3 Å². The average Bonchev–Trinajstić information content (AvgIpc) is 3.57. The Bertz CT molecular complexity index is 1440. The molecule has 0 amide bonds. The SMILES string of the molecule is C=C/C=C(/c1ccoc1)c1cc(-c2n[nH]c3ccc(-c4cncc(OC)c4)cc23)[nH]c1C. The number of ether oxygens (including phenoxy) is 1. The van der Waals surface area contributed by atoms with Crippen LogP contribution in [0.4, 0.5) is 0 Å². The Morgan fingerprint density at radius 3 is 2.81 bits per heavy atom. The molecule has 0 spiro atoms. The molecule has 0 aliphatic heterocycles. The van der Waals surface area contributed by atoms with Crippen LogP contribution in [0.25, 0.3) is 39.0 Å². The summed E-state index contributed by atoms with van der Waals surface area (Å²) < 4.78 is 10.6. The van der Waals surface area contributed by atoms with Crippen molar-refractivity contribution in [1.29, 1.82) is 0 Å². The summed E-state index contributed by atoms with van der Waals surface area (Å²) in [5.41, 5.74) is 8.93. The maximum atomic E-state index is 5.33. The Morgan fingerprint density at radius 2 is 2.03 bits per heavy atom. The molecule has 0 saturated heterocycles. The van der Waals surface area contributed by atoms with Crippen molar-refractivity contribution in [3.05, 3.63) is 96.9 Å². The van der Waals surface area contributed by atoms with Gasteiger partial charge in [0.05, 0.1) is 37.0 Å². The zero-order valence-electron chi connectivity index (χ0n) is 17.8. The van der Waals surface area contributed by atoms with Crippen LogP contribution in [0.5, 0.6) is 5.75 Å². The van der Waals surface area contributed by atoms with Gasteiger partial charge in [-0.2, -0.15) is 5.10 Å². The van der Waals surface area contributed by atoms with E-state index in [2.05, 4.69) is 51.9 Å². The predicted molar refractivity (Wildman–Crippen MR) is 126 cm³/mol. The molecule has 6 heteroatoms. The van der Waals surface area contributed by atoms with Gasteiger partial charge < -0.3 is 14.1 Å². The van der Waals surface area contributed by atoms with E-state index in [0.717, 1.165) is 61.6 Å². The summed E-state index contributed by atoms with van der Waals surface area (Å²) in [5, 5.41) is 8.77. The third kappa shape index (κ3) is 3.41. The first-order valence-electron chi connectivity index (χ1n) is 10.2. The highest BCUT2D eigenvalue weighted by atomic mass is 16.5. The van der Waals surface area contributed by atoms with Gasteiger partial charge in [-0.1, -0.05) is 24.8 Å². The molecular weight excluding hydrogens is 400 g/mol. The number of nitrogens with one attached hydrogen (secondary N) is 2. The number of pyridine rings is 1. The molecule has 0 atom stereocenters. The summed E-state index contributed by atoms with van der Waals surface area (Å²) in [6.07, 6.45) is 10.7. The number of hydrogen-bond donors (Lipinski definition) is 2. The molecule has 2 N–H and O–H groups in total. The van der Waals surface area contributed by atoms with E-state index >= 15 is 0 Å². The molecular formula is C26H22N4O2. The first-order valence-corrected chi connectivity index (χ1v) is 10.2. The maximum Gasteiger partial charge on any atom is 0.137 e. The van der Waals surface area contributed by atoms with Crippen LogP contribution >= 0.6 is 0 Å². The first kappa shape index (κ1) is 19.6. The lowest BCUT2D eigenvalue weighted by Gasteiger charge is -2.04. The Hall–Kier alpha value is -4.32. The Balaban J connectivity index is 1.60. The second-order valence-corrected chi connectivity index (χ2v) is 7.50. The van der Waals surface area contributed by atoms with E-state index in [1.165, 1.54) is 0 Å². The Labute approximate surface area is 185 Å². The molecule has 4 aromatic heterocycles. The predicted octanol–water partition coefficient (Wildman–Crippen LogP) is 6.15. The van der Waals surface area contributed by atoms with E-state index in [-0.39, 0.29) is 0 Å². The van der Waals surface area contributed by atoms with Gasteiger partial charge in [0.1, 0.15) is 11.4 Å². The molecule has 5 rings (SSSR count). The molecule has 6 nitrogen and oxygen atoms in total. The van der Waals surface area contributed by atoms with E-state index in [4.69, 9.17) is 9.15 Å². The van der Waals surface area contributed by atoms with Gasteiger partial charge in [-0.3, -0.25) is 10.1 Å². The number of methoxy groups -OCH3 is 1. The van der Waals surface area contributed by atoms with Crippen LogP contribution < -0.4 is 4.74 Å². The van der Waals surface area contributed by atoms with Gasteiger partial charge >= 0.3 is 0 Å². The number of aryl methyl sites for hydroxylation is 1. The van der Waals surface area contributed by atoms with Crippen LogP contribution in [0.3, 0.4) is 0 Å². The minimum absolute atomic E-state index is 0.723. The van der Waals surface area contributed by atoms with Gasteiger partial charge in [-0.15, -0.1) is 0 Å². The van der Waals surface area contributed by atoms with Gasteiger partial charge in [0, 0.05) is 34.0 Å². The number of allylic oxidation sites excluding steroid dienone is 2. The molecule has 4 heterocycles. The van der Waals surface area contributed by atoms with Gasteiger partial charge in [-0.05, 0) is 48.4 Å². The molecule has 0 saturated carbocycles. The van der Waals surface area contributed by atoms with Gasteiger partial charge in [0.2, 0.25) is 0 Å². The molecule has 158 valence electrons. The minimum atomic E-state index is 0.723. The fourth-order valence-corrected chi connectivity index (χ4v) is 3.93. The summed E-state index contributed by atoms with van der Waals surface area (Å²) in [5.74, 6) is 0.723. The molecule has 0 unspecified atom stereocenters. The number of furan rings is 1. The summed E-state index contributed by atoms with van der Waals surface area (Å²) in [7, 11) is 1.64. The number of aromatic nitrogens is 4. The average molecular weight is 422 g/mol. The molecule has 1 aromatic carbocycles. The molecule has 0 bridgehead atoms. The minimum Gasteiger partial charge on any atom is -0.495 e. The third-order valence-electron chi connectivity index (χ3n) is 5.52. The van der Waals surface area contributed by atoms with Crippen molar-refractivity contribution < 1.29 is 9.15 Å². The Morgan fingerprint density at radius 1 is 1.12 bits per heavy atom. The summed E-state index contributed by atoms with van der Waals surface area (Å²) >= 11 is 0. The fraction of sp³-hybridized carbons (Fsp3) is 0.0769. The number of aromatic amines is 2. The van der Waals surface area contributed by atoms with Crippen LogP contribution in [-0.2, 0) is 0 Å². The monoisotopic (exact) mass is 422 g/mol. The van der Waals surface area contributed by atoms with E-state index in [0.29, 0.717) is 0 Å². The maximum absolute atomic E-state index is 5.33. The van der Waals surface area contributed by atoms with Crippen LogP contribution in [0.2, 0.25) is 0 Å². The van der Waals surface area contributed by atoms with Crippen LogP contribution in [0.15, 0.2) is 84.5 Å². The number of H-pyrrole nitrogens is 2. The van der Waals surface area contributed by atoms with Crippen LogP contribution in [0, 0.1) is 6.92 Å². The number of rotatable bonds is 6. The highest BCUT2D eigenvalue weighted by molar-refractivity contribution is 5.96. The largest absolute Gasteiger partial charge is 0.495 e. The summed E-state index contributed by atoms with van der Waals surface area (Å²) in [6.45, 7) is 5.92. The second-order valence-electron chi connectivity index (χ2n) is 7.50. The normalized spacial score (nSPS) is 11.8. The number of hydrogen-bond acceptors (Lipinski definition) is 4. The molecule has 0 aliphatic rings. The molecule has 32 heavy (non-hydrogen) atoms. The zero-order valence-corrected chi connectivity index (χ0v) is 17.8. The van der Waals surface area contributed by atoms with Crippen molar-refractivity contribution in [2.24, 2.45) is 0 Å². The number of nitrogens with zero attached hydrogens (tertiary/aromatic N) is 2. The topological polar surface area (TPSA) is 79.7 Å². The smallest absolute Gasteiger partial charge is 0.137 e. The fourth-order valence-electron chi connectivity index (χ4n) is 3.93. The van der Waals surface area contributed by atoms with Gasteiger partial charge in [0.25, 0.3) is 0 Å². The van der Waals surface area contributed by atoms with Gasteiger partial charge in [-0.25, -0.2) is 0 Å². The van der Waals surface area contributed by atoms with Gasteiger partial charge in [0.15, 0.2) is 0 Å². The summed E-state index contributed by atoms with van der Waals surface area (Å²) in [4.78, 5) is 7.78. The zero-order chi connectivity index (χ0) is 22.1. The Kier molecular flexibility index (Phi) is 4.95. The lowest BCUT2D eigenvalue weighted by atomic mass is 9.99. The van der Waals surface area contributed by atoms with E-state index in [1.807, 2.05) is 30.5 Å². The molecule has 0 radical (unpaired) electrons.